The predicted octanol–water partition coefficient (Wildman–Crippen LogP) is 1.58. The molecule has 0 heterocycles. The molecule has 0 aliphatic carbocycles. The molecule has 0 N–H and O–H groups in total. The van der Waals surface area contributed by atoms with Gasteiger partial charge in [-0.1, -0.05) is 6.07 Å². The van der Waals surface area contributed by atoms with E-state index >= 15 is 0 Å². The van der Waals surface area contributed by atoms with Gasteiger partial charge in [0.25, 0.3) is 0 Å². The topological polar surface area (TPSA) is 40.9 Å². The summed E-state index contributed by atoms with van der Waals surface area (Å²) in [5.41, 5.74) is 0.669. The van der Waals surface area contributed by atoms with Gasteiger partial charge < -0.3 is 0 Å². The molecule has 0 saturated heterocycles. The van der Waals surface area contributed by atoms with Crippen LogP contribution in [0.15, 0.2) is 18.2 Å². The number of halogens is 1. The molecule has 0 spiro atoms. The fourth-order valence-electron chi connectivity index (χ4n) is 0.953. The largest absolute Gasteiger partial charge is 0.260 e. The van der Waals surface area contributed by atoms with E-state index in [1.54, 1.807) is 0 Å². The van der Waals surface area contributed by atoms with Crippen LogP contribution in [0.3, 0.4) is 0 Å². The lowest BCUT2D eigenvalue weighted by atomic mass is 10.1. The van der Waals surface area contributed by atoms with Crippen molar-refractivity contribution >= 4 is 10.8 Å². The molecule has 1 rings (SSSR count). The Labute approximate surface area is 78.5 Å². The monoisotopic (exact) mass is 197 g/mol. The molecule has 0 amide bonds. The van der Waals surface area contributed by atoms with E-state index in [4.69, 9.17) is 5.26 Å². The van der Waals surface area contributed by atoms with Crippen molar-refractivity contribution in [3.63, 3.8) is 0 Å². The van der Waals surface area contributed by atoms with Gasteiger partial charge in [-0.15, -0.1) is 0 Å². The summed E-state index contributed by atoms with van der Waals surface area (Å²) in [4.78, 5) is 0. The normalized spacial score (nSPS) is 12.1. The summed E-state index contributed by atoms with van der Waals surface area (Å²) in [5.74, 6) is -0.272. The lowest BCUT2D eigenvalue weighted by Crippen LogP contribution is -1.96. The standard InChI is InChI=1S/C9H8FNOS/c1-13(12)6-8-3-2-7(5-11)4-9(8)10/h2-4H,6H2,1H3. The summed E-state index contributed by atoms with van der Waals surface area (Å²) >= 11 is 0. The Balaban J connectivity index is 3.00. The first-order valence-corrected chi connectivity index (χ1v) is 5.34. The third kappa shape index (κ3) is 2.63. The van der Waals surface area contributed by atoms with Crippen molar-refractivity contribution in [2.45, 2.75) is 5.75 Å². The summed E-state index contributed by atoms with van der Waals surface area (Å²) in [6.07, 6.45) is 1.51. The van der Waals surface area contributed by atoms with Crippen molar-refractivity contribution in [2.24, 2.45) is 0 Å². The minimum absolute atomic E-state index is 0.192. The zero-order valence-electron chi connectivity index (χ0n) is 7.08. The Morgan fingerprint density at radius 1 is 1.62 bits per heavy atom. The first-order valence-electron chi connectivity index (χ1n) is 3.62. The van der Waals surface area contributed by atoms with Gasteiger partial charge in [0.15, 0.2) is 0 Å². The molecule has 1 atom stereocenters. The fourth-order valence-corrected chi connectivity index (χ4v) is 1.62. The molecule has 0 aliphatic rings. The number of hydrogen-bond donors (Lipinski definition) is 0. The van der Waals surface area contributed by atoms with Crippen LogP contribution in [0.2, 0.25) is 0 Å². The third-order valence-corrected chi connectivity index (χ3v) is 2.26. The van der Waals surface area contributed by atoms with Gasteiger partial charge in [0.05, 0.1) is 17.4 Å². The summed E-state index contributed by atoms with van der Waals surface area (Å²) in [7, 11) is -1.06. The molecule has 1 aromatic carbocycles. The van der Waals surface area contributed by atoms with Crippen LogP contribution in [-0.4, -0.2) is 10.5 Å². The van der Waals surface area contributed by atoms with Crippen LogP contribution in [0, 0.1) is 17.1 Å². The van der Waals surface area contributed by atoms with E-state index in [-0.39, 0.29) is 11.3 Å². The van der Waals surface area contributed by atoms with Gasteiger partial charge in [0.2, 0.25) is 0 Å². The molecule has 68 valence electrons. The highest BCUT2D eigenvalue weighted by Gasteiger charge is 2.04. The van der Waals surface area contributed by atoms with Crippen molar-refractivity contribution in [1.29, 1.82) is 5.26 Å². The van der Waals surface area contributed by atoms with Crippen molar-refractivity contribution in [3.8, 4) is 6.07 Å². The van der Waals surface area contributed by atoms with Gasteiger partial charge in [-0.05, 0) is 12.1 Å². The summed E-state index contributed by atoms with van der Waals surface area (Å²) < 4.78 is 23.9. The van der Waals surface area contributed by atoms with Gasteiger partial charge in [-0.3, -0.25) is 4.21 Å². The zero-order valence-corrected chi connectivity index (χ0v) is 7.90. The zero-order chi connectivity index (χ0) is 9.84. The molecule has 13 heavy (non-hydrogen) atoms. The van der Waals surface area contributed by atoms with E-state index in [1.165, 1.54) is 18.4 Å². The van der Waals surface area contributed by atoms with E-state index < -0.39 is 16.6 Å². The average Bonchev–Trinajstić information content (AvgIpc) is 2.08. The van der Waals surface area contributed by atoms with Crippen LogP contribution >= 0.6 is 0 Å². The van der Waals surface area contributed by atoms with Crippen molar-refractivity contribution in [3.05, 3.63) is 35.1 Å². The quantitative estimate of drug-likeness (QED) is 0.722. The van der Waals surface area contributed by atoms with E-state index in [1.807, 2.05) is 6.07 Å². The van der Waals surface area contributed by atoms with Gasteiger partial charge in [-0.2, -0.15) is 5.26 Å². The number of hydrogen-bond acceptors (Lipinski definition) is 2. The van der Waals surface area contributed by atoms with E-state index in [2.05, 4.69) is 0 Å². The van der Waals surface area contributed by atoms with Crippen LogP contribution in [0.4, 0.5) is 4.39 Å². The Hall–Kier alpha value is -1.21. The van der Waals surface area contributed by atoms with Crippen LogP contribution in [-0.2, 0) is 16.6 Å². The minimum atomic E-state index is -1.06. The first-order chi connectivity index (χ1) is 6.13. The second-order valence-electron chi connectivity index (χ2n) is 2.64. The molecule has 0 fully saturated rings. The molecule has 4 heteroatoms. The highest BCUT2D eigenvalue weighted by molar-refractivity contribution is 7.83. The summed E-state index contributed by atoms with van der Waals surface area (Å²) in [6.45, 7) is 0. The van der Waals surface area contributed by atoms with E-state index in [0.29, 0.717) is 5.56 Å². The molecule has 0 radical (unpaired) electrons. The molecule has 0 aliphatic heterocycles. The lowest BCUT2D eigenvalue weighted by Gasteiger charge is -1.99. The molecule has 1 unspecified atom stereocenters. The Morgan fingerprint density at radius 3 is 2.77 bits per heavy atom. The predicted molar refractivity (Wildman–Crippen MR) is 48.9 cm³/mol. The molecular weight excluding hydrogens is 189 g/mol. The van der Waals surface area contributed by atoms with Crippen molar-refractivity contribution in [2.75, 3.05) is 6.26 Å². The summed E-state index contributed by atoms with van der Waals surface area (Å²) in [6, 6.07) is 6.00. The molecular formula is C9H8FNOS. The van der Waals surface area contributed by atoms with Crippen LogP contribution in [0.25, 0.3) is 0 Å². The third-order valence-electron chi connectivity index (χ3n) is 1.54. The maximum absolute atomic E-state index is 13.1. The molecule has 2 nitrogen and oxygen atoms in total. The van der Waals surface area contributed by atoms with E-state index in [0.717, 1.165) is 6.07 Å². The number of nitriles is 1. The van der Waals surface area contributed by atoms with Crippen LogP contribution in [0.5, 0.6) is 0 Å². The Morgan fingerprint density at radius 2 is 2.31 bits per heavy atom. The van der Waals surface area contributed by atoms with Gasteiger partial charge >= 0.3 is 0 Å². The highest BCUT2D eigenvalue weighted by Crippen LogP contribution is 2.11. The van der Waals surface area contributed by atoms with Crippen molar-refractivity contribution < 1.29 is 8.60 Å². The number of nitrogens with zero attached hydrogens (tertiary/aromatic N) is 1. The second kappa shape index (κ2) is 4.15. The van der Waals surface area contributed by atoms with Gasteiger partial charge in [0, 0.05) is 22.6 Å². The minimum Gasteiger partial charge on any atom is -0.260 e. The average molecular weight is 197 g/mol. The smallest absolute Gasteiger partial charge is 0.128 e. The molecule has 0 bridgehead atoms. The fraction of sp³-hybridized carbons (Fsp3) is 0.222. The SMILES string of the molecule is CS(=O)Cc1ccc(C#N)cc1F. The first kappa shape index (κ1) is 9.87. The van der Waals surface area contributed by atoms with Crippen LogP contribution in [0.1, 0.15) is 11.1 Å². The Bertz CT molecular complexity index is 384. The van der Waals surface area contributed by atoms with Gasteiger partial charge in [0.1, 0.15) is 5.82 Å². The number of benzene rings is 1. The maximum atomic E-state index is 13.1. The number of rotatable bonds is 2. The second-order valence-corrected chi connectivity index (χ2v) is 4.07. The molecule has 1 aromatic rings. The molecule has 0 aromatic heterocycles. The lowest BCUT2D eigenvalue weighted by molar-refractivity contribution is 0.615. The van der Waals surface area contributed by atoms with Crippen LogP contribution < -0.4 is 0 Å². The maximum Gasteiger partial charge on any atom is 0.128 e. The summed E-state index contributed by atoms with van der Waals surface area (Å²) in [5, 5.41) is 8.46. The highest BCUT2D eigenvalue weighted by atomic mass is 32.2. The molecule has 0 saturated carbocycles. The van der Waals surface area contributed by atoms with Crippen molar-refractivity contribution in [1.82, 2.24) is 0 Å². The van der Waals surface area contributed by atoms with E-state index in [9.17, 15) is 8.60 Å². The van der Waals surface area contributed by atoms with Gasteiger partial charge in [-0.25, -0.2) is 4.39 Å². The Kier molecular flexibility index (Phi) is 3.15.